The number of hydrogen-bond donors (Lipinski definition) is 0. The Bertz CT molecular complexity index is 275. The number of hydrogen-bond acceptors (Lipinski definition) is 6. The second-order valence-corrected chi connectivity index (χ2v) is 4.25. The van der Waals surface area contributed by atoms with Gasteiger partial charge in [0, 0.05) is 27.1 Å². The first-order valence-corrected chi connectivity index (χ1v) is 6.00. The van der Waals surface area contributed by atoms with Crippen LogP contribution in [0.3, 0.4) is 0 Å². The van der Waals surface area contributed by atoms with Crippen molar-refractivity contribution in [2.45, 2.75) is 26.7 Å². The zero-order chi connectivity index (χ0) is 12.1. The summed E-state index contributed by atoms with van der Waals surface area (Å²) >= 11 is 0. The van der Waals surface area contributed by atoms with Gasteiger partial charge in [-0.25, -0.2) is 0 Å². The van der Waals surface area contributed by atoms with E-state index in [1.165, 1.54) is 14.0 Å². The predicted octanol–water partition coefficient (Wildman–Crippen LogP) is 0.556. The minimum absolute atomic E-state index is 0.597. The van der Waals surface area contributed by atoms with Crippen LogP contribution in [-0.4, -0.2) is 46.5 Å². The molecule has 1 atom stereocenters. The Hall–Kier alpha value is -0.210. The lowest BCUT2D eigenvalue weighted by atomic mass is 10.4. The summed E-state index contributed by atoms with van der Waals surface area (Å²) in [5.41, 5.74) is 0. The number of nitrogens with zero attached hydrogens (tertiary/aromatic N) is 1. The third-order valence-electron chi connectivity index (χ3n) is 2.18. The average Bonchev–Trinajstić information content (AvgIpc) is 2.19. The van der Waals surface area contributed by atoms with Crippen LogP contribution in [0.15, 0.2) is 0 Å². The summed E-state index contributed by atoms with van der Waals surface area (Å²) in [5, 5.41) is 0. The molecule has 0 bridgehead atoms. The molecule has 0 aromatic heterocycles. The van der Waals surface area contributed by atoms with Crippen molar-refractivity contribution in [3.8, 4) is 0 Å². The van der Waals surface area contributed by atoms with E-state index in [4.69, 9.17) is 8.92 Å². The lowest BCUT2D eigenvalue weighted by Crippen LogP contribution is -2.51. The first-order chi connectivity index (χ1) is 6.85. The van der Waals surface area contributed by atoms with Crippen molar-refractivity contribution >= 4 is 10.4 Å². The van der Waals surface area contributed by atoms with Gasteiger partial charge in [0.1, 0.15) is 0 Å². The number of rotatable bonds is 7. The number of ether oxygens (including phenoxy) is 1. The molecule has 0 aromatic carbocycles. The van der Waals surface area contributed by atoms with Crippen LogP contribution in [-0.2, 0) is 23.5 Å². The molecule has 0 amide bonds. The van der Waals surface area contributed by atoms with Gasteiger partial charge in [-0.1, -0.05) is 13.8 Å². The van der Waals surface area contributed by atoms with Crippen LogP contribution < -0.4 is 0 Å². The van der Waals surface area contributed by atoms with E-state index in [1.54, 1.807) is 4.90 Å². The lowest BCUT2D eigenvalue weighted by Gasteiger charge is -2.36. The van der Waals surface area contributed by atoms with E-state index in [-0.39, 0.29) is 0 Å². The molecule has 1 unspecified atom stereocenters. The monoisotopic (exact) mass is 241 g/mol. The topological polar surface area (TPSA) is 65.1 Å². The second kappa shape index (κ2) is 5.76. The van der Waals surface area contributed by atoms with Crippen molar-refractivity contribution in [1.82, 2.24) is 4.90 Å². The molecule has 6 nitrogen and oxygen atoms in total. The zero-order valence-corrected chi connectivity index (χ0v) is 10.6. The van der Waals surface area contributed by atoms with E-state index in [2.05, 4.69) is 4.18 Å². The van der Waals surface area contributed by atoms with Gasteiger partial charge < -0.3 is 4.74 Å². The van der Waals surface area contributed by atoms with E-state index < -0.39 is 16.3 Å². The summed E-state index contributed by atoms with van der Waals surface area (Å²) in [6, 6.07) is 0. The van der Waals surface area contributed by atoms with Crippen LogP contribution in [0.4, 0.5) is 0 Å². The Kier molecular flexibility index (Phi) is 5.68. The highest BCUT2D eigenvalue weighted by Gasteiger charge is 2.36. The third-order valence-corrected chi connectivity index (χ3v) is 3.10. The maximum Gasteiger partial charge on any atom is 0.403 e. The molecule has 7 heteroatoms. The minimum atomic E-state index is -4.02. The van der Waals surface area contributed by atoms with Gasteiger partial charge in [-0.2, -0.15) is 12.6 Å². The molecule has 0 saturated heterocycles. The Morgan fingerprint density at radius 1 is 1.20 bits per heavy atom. The Labute approximate surface area is 91.4 Å². The maximum absolute atomic E-state index is 11.2. The molecule has 0 fully saturated rings. The molecule has 0 spiro atoms. The Balaban J connectivity index is 4.85. The summed E-state index contributed by atoms with van der Waals surface area (Å²) in [6.07, 6.45) is 0. The van der Waals surface area contributed by atoms with E-state index in [0.29, 0.717) is 13.1 Å². The summed E-state index contributed by atoms with van der Waals surface area (Å²) in [4.78, 5) is 1.71. The van der Waals surface area contributed by atoms with E-state index >= 15 is 0 Å². The van der Waals surface area contributed by atoms with Crippen LogP contribution in [0.25, 0.3) is 0 Å². The van der Waals surface area contributed by atoms with Crippen LogP contribution in [0.2, 0.25) is 0 Å². The zero-order valence-electron chi connectivity index (χ0n) is 9.81. The molecule has 92 valence electrons. The van der Waals surface area contributed by atoms with Crippen LogP contribution in [0.1, 0.15) is 20.8 Å². The van der Waals surface area contributed by atoms with Crippen molar-refractivity contribution in [3.63, 3.8) is 0 Å². The lowest BCUT2D eigenvalue weighted by molar-refractivity contribution is -0.247. The van der Waals surface area contributed by atoms with E-state index in [1.807, 2.05) is 13.8 Å². The Morgan fingerprint density at radius 2 is 1.67 bits per heavy atom. The maximum atomic E-state index is 11.2. The molecule has 0 aromatic rings. The molecule has 0 aliphatic heterocycles. The SMILES string of the molecule is CCN(CC)C(C)(OC)OS(=O)(=O)OC. The molecule has 0 heterocycles. The third kappa shape index (κ3) is 4.04. The smallest absolute Gasteiger partial charge is 0.340 e. The molecule has 0 aliphatic rings. The second-order valence-electron chi connectivity index (χ2n) is 2.93. The quantitative estimate of drug-likeness (QED) is 0.607. The van der Waals surface area contributed by atoms with Gasteiger partial charge in [0.2, 0.25) is 5.91 Å². The van der Waals surface area contributed by atoms with Crippen LogP contribution in [0.5, 0.6) is 0 Å². The van der Waals surface area contributed by atoms with Gasteiger partial charge in [-0.15, -0.1) is 0 Å². The predicted molar refractivity (Wildman–Crippen MR) is 55.3 cm³/mol. The molecule has 0 N–H and O–H groups in total. The standard InChI is InChI=1S/C8H19NO5S/c1-6-9(7-2)8(3,12-4)14-15(10,11)13-5/h6-7H2,1-5H3. The van der Waals surface area contributed by atoms with Gasteiger partial charge in [-0.3, -0.25) is 9.08 Å². The van der Waals surface area contributed by atoms with Gasteiger partial charge >= 0.3 is 10.4 Å². The van der Waals surface area contributed by atoms with Crippen LogP contribution >= 0.6 is 0 Å². The summed E-state index contributed by atoms with van der Waals surface area (Å²) < 4.78 is 36.4. The molecule has 15 heavy (non-hydrogen) atoms. The van der Waals surface area contributed by atoms with Gasteiger partial charge in [0.25, 0.3) is 0 Å². The molecular formula is C8H19NO5S. The highest BCUT2D eigenvalue weighted by molar-refractivity contribution is 7.81. The van der Waals surface area contributed by atoms with Gasteiger partial charge in [0.15, 0.2) is 0 Å². The molecule has 0 rings (SSSR count). The number of methoxy groups -OCH3 is 1. The molecule has 0 aliphatic carbocycles. The molecule has 0 saturated carbocycles. The average molecular weight is 241 g/mol. The first kappa shape index (κ1) is 14.8. The van der Waals surface area contributed by atoms with Crippen molar-refractivity contribution in [3.05, 3.63) is 0 Å². The first-order valence-electron chi connectivity index (χ1n) is 4.66. The van der Waals surface area contributed by atoms with Crippen molar-refractivity contribution in [2.24, 2.45) is 0 Å². The summed E-state index contributed by atoms with van der Waals surface area (Å²) in [7, 11) is -1.61. The normalized spacial score (nSPS) is 16.7. The van der Waals surface area contributed by atoms with Gasteiger partial charge in [0.05, 0.1) is 7.11 Å². The highest BCUT2D eigenvalue weighted by atomic mass is 32.3. The fraction of sp³-hybridized carbons (Fsp3) is 1.00. The van der Waals surface area contributed by atoms with Gasteiger partial charge in [-0.05, 0) is 0 Å². The molecule has 0 radical (unpaired) electrons. The fourth-order valence-electron chi connectivity index (χ4n) is 1.24. The van der Waals surface area contributed by atoms with E-state index in [0.717, 1.165) is 7.11 Å². The van der Waals surface area contributed by atoms with Crippen molar-refractivity contribution in [2.75, 3.05) is 27.3 Å². The van der Waals surface area contributed by atoms with E-state index in [9.17, 15) is 8.42 Å². The molecular weight excluding hydrogens is 222 g/mol. The Morgan fingerprint density at radius 3 is 1.93 bits per heavy atom. The largest absolute Gasteiger partial charge is 0.403 e. The van der Waals surface area contributed by atoms with Crippen LogP contribution in [0, 0.1) is 0 Å². The fourth-order valence-corrected chi connectivity index (χ4v) is 1.86. The highest BCUT2D eigenvalue weighted by Crippen LogP contribution is 2.20. The summed E-state index contributed by atoms with van der Waals surface area (Å²) in [5.74, 6) is -1.33. The van der Waals surface area contributed by atoms with Crippen molar-refractivity contribution < 1.29 is 21.5 Å². The summed E-state index contributed by atoms with van der Waals surface area (Å²) in [6.45, 7) is 6.48. The van der Waals surface area contributed by atoms with Crippen molar-refractivity contribution in [1.29, 1.82) is 0 Å². The minimum Gasteiger partial charge on any atom is -0.340 e.